The van der Waals surface area contributed by atoms with Gasteiger partial charge in [-0.3, -0.25) is 0 Å². The number of benzene rings is 3. The van der Waals surface area contributed by atoms with Gasteiger partial charge in [0.05, 0.1) is 52.4 Å². The smallest absolute Gasteiger partial charge is 0.122 e. The number of hydrogen-bond donors (Lipinski definition) is 1. The van der Waals surface area contributed by atoms with Crippen molar-refractivity contribution in [1.29, 1.82) is 0 Å². The number of ether oxygens (including phenoxy) is 10. The van der Waals surface area contributed by atoms with Crippen molar-refractivity contribution in [2.45, 2.75) is 114 Å². The summed E-state index contributed by atoms with van der Waals surface area (Å²) in [5.74, 6) is 2.95. The number of aliphatic hydroxyl groups is 1. The summed E-state index contributed by atoms with van der Waals surface area (Å²) in [6, 6.07) is 24.7. The summed E-state index contributed by atoms with van der Waals surface area (Å²) >= 11 is 0. The van der Waals surface area contributed by atoms with E-state index >= 15 is 0 Å². The Kier molecular flexibility index (Phi) is 16.2. The summed E-state index contributed by atoms with van der Waals surface area (Å²) in [5, 5.41) is 10.6. The van der Waals surface area contributed by atoms with Crippen LogP contribution in [0.4, 0.5) is 0 Å². The Morgan fingerprint density at radius 3 is 1.38 bits per heavy atom. The number of hydrogen-bond acceptors (Lipinski definition) is 11. The van der Waals surface area contributed by atoms with Gasteiger partial charge in [0.15, 0.2) is 0 Å². The second-order valence-corrected chi connectivity index (χ2v) is 18.0. The highest BCUT2D eigenvalue weighted by Gasteiger charge is 2.35. The van der Waals surface area contributed by atoms with Gasteiger partial charge in [0.2, 0.25) is 0 Å². The molecule has 4 saturated heterocycles. The highest BCUT2D eigenvalue weighted by Crippen LogP contribution is 2.42. The summed E-state index contributed by atoms with van der Waals surface area (Å²) in [4.78, 5) is 0. The average molecular weight is 833 g/mol. The van der Waals surface area contributed by atoms with E-state index in [0.717, 1.165) is 96.6 Å². The Labute approximate surface area is 357 Å². The van der Waals surface area contributed by atoms with Gasteiger partial charge in [-0.2, -0.15) is 0 Å². The Hall–Kier alpha value is -3.26. The molecule has 5 unspecified atom stereocenters. The Morgan fingerprint density at radius 1 is 0.533 bits per heavy atom. The normalized spacial score (nSPS) is 24.8. The molecule has 4 aliphatic heterocycles. The maximum atomic E-state index is 10.6. The van der Waals surface area contributed by atoms with Crippen LogP contribution in [0.2, 0.25) is 0 Å². The van der Waals surface area contributed by atoms with Crippen LogP contribution in [0.1, 0.15) is 82.9 Å². The minimum atomic E-state index is -0.747. The van der Waals surface area contributed by atoms with Crippen LogP contribution < -0.4 is 14.2 Å². The van der Waals surface area contributed by atoms with E-state index in [9.17, 15) is 5.11 Å². The van der Waals surface area contributed by atoms with Crippen LogP contribution in [0.15, 0.2) is 72.8 Å². The summed E-state index contributed by atoms with van der Waals surface area (Å²) in [6.07, 6.45) is 7.70. The topological polar surface area (TPSA) is 126 Å². The van der Waals surface area contributed by atoms with Gasteiger partial charge in [0.25, 0.3) is 0 Å². The molecule has 60 heavy (non-hydrogen) atoms. The molecule has 0 spiro atoms. The molecule has 1 saturated carbocycles. The summed E-state index contributed by atoms with van der Waals surface area (Å²) < 4.78 is 55.0. The first-order chi connectivity index (χ1) is 29.1. The standard InChI is InChI=1S/C39H50O7.C10H18O4/c1-38(2,29-9-17-34(18-10-29)43-23-36-25-45-36)27-5-13-32(14-6-27)41-21-31(40)22-42-33-15-7-28(8-16-33)39(3,4)30-11-19-35(20-12-30)44-24-37-26-46-37;1(3-11-5-9-7-13-9)2-4-12-6-10-8-14-10/h5-10,13-18,30-31,35-37,40H,11-12,19-26H2,1-4H3;9-10H,1-8H2. The van der Waals surface area contributed by atoms with Crippen molar-refractivity contribution >= 4 is 0 Å². The van der Waals surface area contributed by atoms with Gasteiger partial charge in [-0.05, 0) is 103 Å². The molecule has 330 valence electrons. The van der Waals surface area contributed by atoms with Crippen LogP contribution in [0.3, 0.4) is 0 Å². The monoisotopic (exact) mass is 832 g/mol. The van der Waals surface area contributed by atoms with Crippen molar-refractivity contribution in [2.75, 3.05) is 79.3 Å². The Bertz CT molecular complexity index is 1650. The third-order valence-corrected chi connectivity index (χ3v) is 12.3. The fourth-order valence-corrected chi connectivity index (χ4v) is 7.63. The van der Waals surface area contributed by atoms with E-state index < -0.39 is 6.10 Å². The minimum Gasteiger partial charge on any atom is -0.491 e. The molecule has 5 aliphatic rings. The quantitative estimate of drug-likeness (QED) is 0.0676. The van der Waals surface area contributed by atoms with E-state index in [-0.39, 0.29) is 30.1 Å². The second kappa shape index (κ2) is 21.7. The highest BCUT2D eigenvalue weighted by atomic mass is 16.6. The molecular formula is C49H68O11. The first-order valence-corrected chi connectivity index (χ1v) is 22.2. The van der Waals surface area contributed by atoms with E-state index in [1.165, 1.54) is 29.5 Å². The third kappa shape index (κ3) is 14.7. The molecule has 0 amide bonds. The fourth-order valence-electron chi connectivity index (χ4n) is 7.63. The molecule has 1 N–H and O–H groups in total. The van der Waals surface area contributed by atoms with Crippen molar-refractivity contribution < 1.29 is 52.5 Å². The first-order valence-electron chi connectivity index (χ1n) is 22.2. The number of epoxide rings is 4. The van der Waals surface area contributed by atoms with Crippen LogP contribution >= 0.6 is 0 Å². The van der Waals surface area contributed by atoms with Crippen molar-refractivity contribution in [3.05, 3.63) is 89.5 Å². The minimum absolute atomic E-state index is 0.0755. The molecule has 0 bridgehead atoms. The SMILES string of the molecule is C(CCOCC1CO1)COCC1CO1.CC(C)(c1ccc(OCC(O)COc2ccc(C(C)(C)C3CCC(OCC4CO4)CC3)cc2)cc1)c1ccc(OCC2CO2)cc1. The number of unbranched alkanes of at least 4 members (excludes halogenated alkanes) is 1. The van der Waals surface area contributed by atoms with Crippen LogP contribution in [-0.2, 0) is 44.0 Å². The molecule has 3 aromatic carbocycles. The Morgan fingerprint density at radius 2 is 0.933 bits per heavy atom. The van der Waals surface area contributed by atoms with Gasteiger partial charge in [-0.25, -0.2) is 0 Å². The molecular weight excluding hydrogens is 765 g/mol. The van der Waals surface area contributed by atoms with Crippen LogP contribution in [-0.4, -0.2) is 121 Å². The van der Waals surface area contributed by atoms with Crippen LogP contribution in [0.25, 0.3) is 0 Å². The number of aliphatic hydroxyl groups excluding tert-OH is 1. The largest absolute Gasteiger partial charge is 0.491 e. The van der Waals surface area contributed by atoms with E-state index in [2.05, 4.69) is 64.1 Å². The zero-order valence-electron chi connectivity index (χ0n) is 36.2. The molecule has 8 rings (SSSR count). The van der Waals surface area contributed by atoms with Gasteiger partial charge in [0, 0.05) is 18.6 Å². The molecule has 0 aromatic heterocycles. The number of rotatable bonds is 25. The van der Waals surface area contributed by atoms with Gasteiger partial charge in [0.1, 0.15) is 67.6 Å². The molecule has 1 aliphatic carbocycles. The fraction of sp³-hybridized carbons (Fsp3) is 0.633. The molecule has 4 heterocycles. The molecule has 11 nitrogen and oxygen atoms in total. The lowest BCUT2D eigenvalue weighted by Crippen LogP contribution is -2.34. The Balaban J connectivity index is 0.000000327. The van der Waals surface area contributed by atoms with Crippen LogP contribution in [0.5, 0.6) is 17.2 Å². The van der Waals surface area contributed by atoms with E-state index in [1.807, 2.05) is 36.4 Å². The summed E-state index contributed by atoms with van der Waals surface area (Å²) in [6.45, 7) is 17.4. The van der Waals surface area contributed by atoms with E-state index in [0.29, 0.717) is 42.7 Å². The summed E-state index contributed by atoms with van der Waals surface area (Å²) in [5.41, 5.74) is 3.59. The van der Waals surface area contributed by atoms with Crippen LogP contribution in [0, 0.1) is 5.92 Å². The predicted octanol–water partition coefficient (Wildman–Crippen LogP) is 7.46. The zero-order valence-corrected chi connectivity index (χ0v) is 36.2. The predicted molar refractivity (Wildman–Crippen MR) is 229 cm³/mol. The molecule has 11 heteroatoms. The maximum absolute atomic E-state index is 10.6. The maximum Gasteiger partial charge on any atom is 0.122 e. The molecule has 3 aromatic rings. The van der Waals surface area contributed by atoms with Crippen molar-refractivity contribution in [3.8, 4) is 17.2 Å². The molecule has 5 fully saturated rings. The van der Waals surface area contributed by atoms with Gasteiger partial charge in [-0.1, -0.05) is 64.1 Å². The second-order valence-electron chi connectivity index (χ2n) is 18.0. The average Bonchev–Trinajstić information content (AvgIpc) is 4.06. The van der Waals surface area contributed by atoms with Crippen molar-refractivity contribution in [3.63, 3.8) is 0 Å². The lowest BCUT2D eigenvalue weighted by molar-refractivity contribution is 0.00306. The van der Waals surface area contributed by atoms with Crippen molar-refractivity contribution in [2.24, 2.45) is 5.92 Å². The third-order valence-electron chi connectivity index (χ3n) is 12.3. The van der Waals surface area contributed by atoms with Gasteiger partial charge >= 0.3 is 0 Å². The lowest BCUT2D eigenvalue weighted by atomic mass is 9.67. The highest BCUT2D eigenvalue weighted by molar-refractivity contribution is 5.42. The molecule has 5 atom stereocenters. The van der Waals surface area contributed by atoms with Crippen molar-refractivity contribution in [1.82, 2.24) is 0 Å². The van der Waals surface area contributed by atoms with Gasteiger partial charge in [-0.15, -0.1) is 0 Å². The van der Waals surface area contributed by atoms with E-state index in [4.69, 9.17) is 47.4 Å². The zero-order chi connectivity index (χ0) is 41.8. The lowest BCUT2D eigenvalue weighted by Gasteiger charge is -2.39. The van der Waals surface area contributed by atoms with E-state index in [1.54, 1.807) is 0 Å². The first kappa shape index (κ1) is 44.8. The summed E-state index contributed by atoms with van der Waals surface area (Å²) in [7, 11) is 0. The van der Waals surface area contributed by atoms with Gasteiger partial charge < -0.3 is 52.5 Å². The molecule has 0 radical (unpaired) electrons.